The third-order valence-electron chi connectivity index (χ3n) is 7.28. The number of ether oxygens (including phenoxy) is 1. The Balaban J connectivity index is 0.000000506. The highest BCUT2D eigenvalue weighted by atomic mass is 16.5. The van der Waals surface area contributed by atoms with Crippen LogP contribution in [0.1, 0.15) is 95.9 Å². The summed E-state index contributed by atoms with van der Waals surface area (Å²) in [5.41, 5.74) is 0. The lowest BCUT2D eigenvalue weighted by Crippen LogP contribution is -2.47. The maximum atomic E-state index is 5.26. The predicted molar refractivity (Wildman–Crippen MR) is 131 cm³/mol. The molecule has 29 heavy (non-hydrogen) atoms. The molecule has 4 unspecified atom stereocenters. The van der Waals surface area contributed by atoms with E-state index in [0.29, 0.717) is 6.04 Å². The minimum atomic E-state index is 0. The average Bonchev–Trinajstić information content (AvgIpc) is 3.28. The van der Waals surface area contributed by atoms with Crippen molar-refractivity contribution in [2.75, 3.05) is 20.3 Å². The molecule has 0 N–H and O–H groups in total. The Hall–Kier alpha value is -0.120. The van der Waals surface area contributed by atoms with E-state index in [9.17, 15) is 0 Å². The summed E-state index contributed by atoms with van der Waals surface area (Å²) in [6.07, 6.45) is 5.76. The van der Waals surface area contributed by atoms with Gasteiger partial charge in [-0.3, -0.25) is 9.80 Å². The van der Waals surface area contributed by atoms with Crippen LogP contribution in [0.25, 0.3) is 0 Å². The van der Waals surface area contributed by atoms with Gasteiger partial charge in [0.1, 0.15) is 0 Å². The lowest BCUT2D eigenvalue weighted by molar-refractivity contribution is 0.0732. The van der Waals surface area contributed by atoms with Crippen molar-refractivity contribution in [1.29, 1.82) is 0 Å². The van der Waals surface area contributed by atoms with Crippen molar-refractivity contribution in [2.45, 2.75) is 126 Å². The fourth-order valence-corrected chi connectivity index (χ4v) is 6.30. The summed E-state index contributed by atoms with van der Waals surface area (Å²) >= 11 is 0. The van der Waals surface area contributed by atoms with Gasteiger partial charge in [-0.2, -0.15) is 0 Å². The van der Waals surface area contributed by atoms with Crippen molar-refractivity contribution in [1.82, 2.24) is 9.80 Å². The van der Waals surface area contributed by atoms with Gasteiger partial charge < -0.3 is 4.74 Å². The van der Waals surface area contributed by atoms with Crippen LogP contribution in [0.5, 0.6) is 0 Å². The van der Waals surface area contributed by atoms with E-state index in [0.717, 1.165) is 54.4 Å². The molecule has 0 spiro atoms. The summed E-state index contributed by atoms with van der Waals surface area (Å²) in [5, 5.41) is 0. The quantitative estimate of drug-likeness (QED) is 0.491. The van der Waals surface area contributed by atoms with E-state index in [1.807, 2.05) is 7.11 Å². The number of hydrogen-bond donors (Lipinski definition) is 0. The van der Waals surface area contributed by atoms with E-state index >= 15 is 0 Å². The number of piperidine rings is 1. The van der Waals surface area contributed by atoms with Crippen LogP contribution in [-0.4, -0.2) is 60.3 Å². The van der Waals surface area contributed by atoms with Gasteiger partial charge in [-0.15, -0.1) is 0 Å². The molecule has 2 bridgehead atoms. The van der Waals surface area contributed by atoms with Crippen LogP contribution in [0.3, 0.4) is 0 Å². The number of hydrogen-bond acceptors (Lipinski definition) is 3. The molecule has 0 aromatic rings. The first-order valence-electron chi connectivity index (χ1n) is 11.7. The number of fused-ring (bicyclic) bond motifs is 2. The van der Waals surface area contributed by atoms with E-state index in [2.05, 4.69) is 65.2 Å². The SMILES string of the molecule is C.C.CC(C)C1C2CCC(C2)N1C(C)C.COCC1C[C@@H](C(C)C)N(C(C)C)C1. The summed E-state index contributed by atoms with van der Waals surface area (Å²) in [6.45, 7) is 20.9. The molecule has 3 aliphatic rings. The summed E-state index contributed by atoms with van der Waals surface area (Å²) in [6, 6.07) is 4.00. The van der Waals surface area contributed by atoms with Crippen molar-refractivity contribution in [3.05, 3.63) is 0 Å². The number of methoxy groups -OCH3 is 1. The van der Waals surface area contributed by atoms with Gasteiger partial charge in [0.15, 0.2) is 0 Å². The second-order valence-corrected chi connectivity index (χ2v) is 10.7. The molecule has 2 heterocycles. The molecule has 3 rings (SSSR count). The molecular weight excluding hydrogens is 356 g/mol. The highest BCUT2D eigenvalue weighted by Gasteiger charge is 2.47. The number of rotatable bonds is 6. The fourth-order valence-electron chi connectivity index (χ4n) is 6.30. The van der Waals surface area contributed by atoms with Gasteiger partial charge in [0, 0.05) is 43.9 Å². The maximum absolute atomic E-state index is 5.26. The normalized spacial score (nSPS) is 32.0. The van der Waals surface area contributed by atoms with Gasteiger partial charge >= 0.3 is 0 Å². The Morgan fingerprint density at radius 2 is 1.45 bits per heavy atom. The van der Waals surface area contributed by atoms with Gasteiger partial charge in [0.2, 0.25) is 0 Å². The summed E-state index contributed by atoms with van der Waals surface area (Å²) in [5.74, 6) is 3.37. The smallest absolute Gasteiger partial charge is 0.0503 e. The van der Waals surface area contributed by atoms with E-state index in [-0.39, 0.29) is 14.9 Å². The minimum absolute atomic E-state index is 0. The maximum Gasteiger partial charge on any atom is 0.0503 e. The van der Waals surface area contributed by atoms with Crippen LogP contribution < -0.4 is 0 Å². The highest BCUT2D eigenvalue weighted by Crippen LogP contribution is 2.45. The molecule has 3 nitrogen and oxygen atoms in total. The third-order valence-corrected chi connectivity index (χ3v) is 7.28. The molecule has 176 valence electrons. The molecule has 0 radical (unpaired) electrons. The molecule has 3 fully saturated rings. The molecule has 1 saturated carbocycles. The Morgan fingerprint density at radius 3 is 1.83 bits per heavy atom. The second-order valence-electron chi connectivity index (χ2n) is 10.7. The van der Waals surface area contributed by atoms with Crippen molar-refractivity contribution >= 4 is 0 Å². The first-order valence-corrected chi connectivity index (χ1v) is 11.7. The van der Waals surface area contributed by atoms with E-state index in [4.69, 9.17) is 4.74 Å². The first-order chi connectivity index (χ1) is 12.7. The Morgan fingerprint density at radius 1 is 0.828 bits per heavy atom. The van der Waals surface area contributed by atoms with Crippen LogP contribution in [0, 0.1) is 23.7 Å². The highest BCUT2D eigenvalue weighted by molar-refractivity contribution is 5.01. The molecule has 1 aliphatic carbocycles. The van der Waals surface area contributed by atoms with E-state index in [1.54, 1.807) is 0 Å². The van der Waals surface area contributed by atoms with E-state index < -0.39 is 0 Å². The zero-order valence-electron chi connectivity index (χ0n) is 19.7. The first kappa shape index (κ1) is 28.9. The molecule has 5 atom stereocenters. The number of likely N-dealkylation sites (tertiary alicyclic amines) is 2. The van der Waals surface area contributed by atoms with Crippen LogP contribution in [0.15, 0.2) is 0 Å². The monoisotopic (exact) mass is 412 g/mol. The van der Waals surface area contributed by atoms with Crippen molar-refractivity contribution < 1.29 is 4.74 Å². The standard InChI is InChI=1S/C12H25NO.C12H23N.2CH4/c1-9(2)12-6-11(8-14-5)7-13(12)10(3)4;1-8(2)12-10-5-6-11(7-10)13(12)9(3)4;;/h9-12H,6-8H2,1-5H3;8-12H,5-7H2,1-4H3;2*1H4/t11?,12-;;;/m0.../s1. The zero-order valence-corrected chi connectivity index (χ0v) is 19.7. The van der Waals surface area contributed by atoms with Crippen molar-refractivity contribution in [3.63, 3.8) is 0 Å². The van der Waals surface area contributed by atoms with Crippen LogP contribution in [-0.2, 0) is 4.74 Å². The van der Waals surface area contributed by atoms with Crippen LogP contribution in [0.2, 0.25) is 0 Å². The average molecular weight is 413 g/mol. The largest absolute Gasteiger partial charge is 0.384 e. The Kier molecular flexibility index (Phi) is 12.6. The topological polar surface area (TPSA) is 15.7 Å². The zero-order chi connectivity index (χ0) is 20.3. The van der Waals surface area contributed by atoms with Crippen molar-refractivity contribution in [3.8, 4) is 0 Å². The molecular formula is C26H56N2O. The van der Waals surface area contributed by atoms with Gasteiger partial charge in [0.05, 0.1) is 6.61 Å². The molecule has 0 aromatic heterocycles. The second kappa shape index (κ2) is 12.7. The predicted octanol–water partition coefficient (Wildman–Crippen LogP) is 6.56. The van der Waals surface area contributed by atoms with Crippen LogP contribution >= 0.6 is 0 Å². The van der Waals surface area contributed by atoms with Crippen LogP contribution in [0.4, 0.5) is 0 Å². The Labute approximate surface area is 184 Å². The van der Waals surface area contributed by atoms with Gasteiger partial charge in [-0.1, -0.05) is 42.5 Å². The van der Waals surface area contributed by atoms with Gasteiger partial charge in [0.25, 0.3) is 0 Å². The van der Waals surface area contributed by atoms with Gasteiger partial charge in [-0.25, -0.2) is 0 Å². The molecule has 2 aliphatic heterocycles. The molecule has 3 heteroatoms. The lowest BCUT2D eigenvalue weighted by atomic mass is 9.89. The summed E-state index contributed by atoms with van der Waals surface area (Å²) < 4.78 is 5.26. The lowest BCUT2D eigenvalue weighted by Gasteiger charge is -2.40. The van der Waals surface area contributed by atoms with Crippen molar-refractivity contribution in [2.24, 2.45) is 23.7 Å². The summed E-state index contributed by atoms with van der Waals surface area (Å²) in [4.78, 5) is 5.42. The fraction of sp³-hybridized carbons (Fsp3) is 1.00. The molecule has 2 saturated heterocycles. The van der Waals surface area contributed by atoms with E-state index in [1.165, 1.54) is 32.2 Å². The molecule has 0 aromatic carbocycles. The molecule has 0 amide bonds. The Bertz CT molecular complexity index is 398. The van der Waals surface area contributed by atoms with Gasteiger partial charge in [-0.05, 0) is 77.0 Å². The summed E-state index contributed by atoms with van der Waals surface area (Å²) in [7, 11) is 1.81. The third kappa shape index (κ3) is 6.94. The minimum Gasteiger partial charge on any atom is -0.384 e. The number of nitrogens with zero attached hydrogens (tertiary/aromatic N) is 2.